The van der Waals surface area contributed by atoms with E-state index in [9.17, 15) is 4.39 Å². The van der Waals surface area contributed by atoms with Crippen molar-refractivity contribution in [3.05, 3.63) is 68.9 Å². The molecule has 2 unspecified atom stereocenters. The first kappa shape index (κ1) is 15.4. The molecule has 2 atom stereocenters. The van der Waals surface area contributed by atoms with Gasteiger partial charge in [-0.05, 0) is 27.6 Å². The highest BCUT2D eigenvalue weighted by Gasteiger charge is 2.25. The maximum Gasteiger partial charge on any atom is 0.147 e. The van der Waals surface area contributed by atoms with Gasteiger partial charge in [-0.2, -0.15) is 0 Å². The van der Waals surface area contributed by atoms with E-state index in [1.165, 1.54) is 0 Å². The van der Waals surface area contributed by atoms with E-state index in [4.69, 9.17) is 22.1 Å². The summed E-state index contributed by atoms with van der Waals surface area (Å²) in [6.45, 7) is 0. The van der Waals surface area contributed by atoms with Gasteiger partial charge in [-0.3, -0.25) is 0 Å². The average Bonchev–Trinajstić information content (AvgIpc) is 2.47. The Morgan fingerprint density at radius 2 is 1.85 bits per heavy atom. The average molecular weight is 359 g/mol. The second-order valence-electron chi connectivity index (χ2n) is 4.36. The quantitative estimate of drug-likeness (QED) is 0.809. The third kappa shape index (κ3) is 3.04. The molecule has 0 aliphatic rings. The van der Waals surface area contributed by atoms with Crippen molar-refractivity contribution in [2.24, 2.45) is 5.73 Å². The van der Waals surface area contributed by atoms with Crippen molar-refractivity contribution < 1.29 is 9.13 Å². The molecule has 0 spiro atoms. The summed E-state index contributed by atoms with van der Waals surface area (Å²) >= 11 is 9.09. The van der Waals surface area contributed by atoms with Crippen LogP contribution < -0.4 is 5.73 Å². The minimum atomic E-state index is -0.645. The van der Waals surface area contributed by atoms with Crippen LogP contribution in [-0.4, -0.2) is 7.11 Å². The Morgan fingerprint density at radius 3 is 2.45 bits per heavy atom. The van der Waals surface area contributed by atoms with Crippen molar-refractivity contribution in [1.29, 1.82) is 0 Å². The Morgan fingerprint density at radius 1 is 1.20 bits per heavy atom. The summed E-state index contributed by atoms with van der Waals surface area (Å²) in [5.41, 5.74) is 7.38. The van der Waals surface area contributed by atoms with E-state index in [1.807, 2.05) is 30.3 Å². The first-order valence-corrected chi connectivity index (χ1v) is 7.20. The van der Waals surface area contributed by atoms with Gasteiger partial charge in [0.05, 0.1) is 11.1 Å². The second-order valence-corrected chi connectivity index (χ2v) is 5.59. The molecular formula is C15H14BrClFNO. The predicted octanol–water partition coefficient (Wildman–Crippen LogP) is 4.63. The molecule has 0 aliphatic heterocycles. The van der Waals surface area contributed by atoms with Gasteiger partial charge in [0.2, 0.25) is 0 Å². The van der Waals surface area contributed by atoms with Gasteiger partial charge in [0.15, 0.2) is 0 Å². The lowest BCUT2D eigenvalue weighted by Crippen LogP contribution is -2.22. The SMILES string of the molecule is COC(c1ccccc1)C(N)c1ccc(Br)c(Cl)c1F. The molecule has 0 saturated carbocycles. The largest absolute Gasteiger partial charge is 0.375 e. The second kappa shape index (κ2) is 6.68. The zero-order valence-corrected chi connectivity index (χ0v) is 13.2. The molecule has 2 aromatic rings. The van der Waals surface area contributed by atoms with Crippen molar-refractivity contribution in [1.82, 2.24) is 0 Å². The Kier molecular flexibility index (Phi) is 5.16. The monoisotopic (exact) mass is 357 g/mol. The van der Waals surface area contributed by atoms with Crippen molar-refractivity contribution >= 4 is 27.5 Å². The highest BCUT2D eigenvalue weighted by molar-refractivity contribution is 9.10. The molecule has 0 fully saturated rings. The van der Waals surface area contributed by atoms with Crippen molar-refractivity contribution in [2.45, 2.75) is 12.1 Å². The van der Waals surface area contributed by atoms with Crippen LogP contribution in [0, 0.1) is 5.82 Å². The molecule has 2 N–H and O–H groups in total. The summed E-state index contributed by atoms with van der Waals surface area (Å²) in [5.74, 6) is -0.522. The highest BCUT2D eigenvalue weighted by Crippen LogP contribution is 2.35. The van der Waals surface area contributed by atoms with E-state index < -0.39 is 18.0 Å². The number of benzene rings is 2. The van der Waals surface area contributed by atoms with Gasteiger partial charge in [-0.25, -0.2) is 4.39 Å². The molecule has 2 aromatic carbocycles. The van der Waals surface area contributed by atoms with Crippen LogP contribution in [0.15, 0.2) is 46.9 Å². The van der Waals surface area contributed by atoms with Crippen LogP contribution in [0.4, 0.5) is 4.39 Å². The third-order valence-electron chi connectivity index (χ3n) is 3.13. The van der Waals surface area contributed by atoms with Crippen LogP contribution in [-0.2, 0) is 4.74 Å². The summed E-state index contributed by atoms with van der Waals surface area (Å²) in [7, 11) is 1.55. The van der Waals surface area contributed by atoms with Crippen LogP contribution in [0.2, 0.25) is 5.02 Å². The van der Waals surface area contributed by atoms with Crippen LogP contribution in [0.25, 0.3) is 0 Å². The van der Waals surface area contributed by atoms with E-state index in [2.05, 4.69) is 15.9 Å². The molecule has 0 saturated heterocycles. The van der Waals surface area contributed by atoms with Crippen molar-refractivity contribution in [2.75, 3.05) is 7.11 Å². The molecule has 0 bridgehead atoms. The first-order chi connectivity index (χ1) is 9.56. The summed E-state index contributed by atoms with van der Waals surface area (Å²) < 4.78 is 20.2. The molecule has 20 heavy (non-hydrogen) atoms. The molecule has 5 heteroatoms. The van der Waals surface area contributed by atoms with Gasteiger partial charge in [-0.1, -0.05) is 48.0 Å². The fourth-order valence-corrected chi connectivity index (χ4v) is 2.57. The van der Waals surface area contributed by atoms with E-state index in [0.29, 0.717) is 10.0 Å². The zero-order chi connectivity index (χ0) is 14.7. The van der Waals surface area contributed by atoms with Crippen molar-refractivity contribution in [3.63, 3.8) is 0 Å². The van der Waals surface area contributed by atoms with Crippen LogP contribution >= 0.6 is 27.5 Å². The maximum absolute atomic E-state index is 14.2. The fraction of sp³-hybridized carbons (Fsp3) is 0.200. The normalized spacial score (nSPS) is 14.1. The minimum absolute atomic E-state index is 0.0286. The van der Waals surface area contributed by atoms with Gasteiger partial charge in [0, 0.05) is 17.1 Å². The topological polar surface area (TPSA) is 35.2 Å². The Bertz CT molecular complexity index is 594. The van der Waals surface area contributed by atoms with Gasteiger partial charge in [-0.15, -0.1) is 0 Å². The minimum Gasteiger partial charge on any atom is -0.375 e. The number of rotatable bonds is 4. The molecule has 106 valence electrons. The molecule has 0 aliphatic carbocycles. The molecule has 2 rings (SSSR count). The number of hydrogen-bond donors (Lipinski definition) is 1. The molecule has 0 amide bonds. The smallest absolute Gasteiger partial charge is 0.147 e. The summed E-state index contributed by atoms with van der Waals surface area (Å²) in [6, 6.07) is 12.1. The summed E-state index contributed by atoms with van der Waals surface area (Å²) in [4.78, 5) is 0. The molecular weight excluding hydrogens is 345 g/mol. The van der Waals surface area contributed by atoms with Gasteiger partial charge >= 0.3 is 0 Å². The fourth-order valence-electron chi connectivity index (χ4n) is 2.09. The lowest BCUT2D eigenvalue weighted by atomic mass is 9.96. The third-order valence-corrected chi connectivity index (χ3v) is 4.39. The lowest BCUT2D eigenvalue weighted by Gasteiger charge is -2.24. The number of methoxy groups -OCH3 is 1. The van der Waals surface area contributed by atoms with Crippen LogP contribution in [0.3, 0.4) is 0 Å². The number of nitrogens with two attached hydrogens (primary N) is 1. The molecule has 0 aromatic heterocycles. The van der Waals surface area contributed by atoms with Gasteiger partial charge in [0.1, 0.15) is 11.9 Å². The molecule has 0 radical (unpaired) electrons. The Balaban J connectivity index is 2.39. The summed E-state index contributed by atoms with van der Waals surface area (Å²) in [6.07, 6.45) is -0.442. The molecule has 0 heterocycles. The zero-order valence-electron chi connectivity index (χ0n) is 10.8. The van der Waals surface area contributed by atoms with E-state index in [1.54, 1.807) is 19.2 Å². The molecule has 2 nitrogen and oxygen atoms in total. The van der Waals surface area contributed by atoms with E-state index in [0.717, 1.165) is 5.56 Å². The number of ether oxygens (including phenoxy) is 1. The predicted molar refractivity (Wildman–Crippen MR) is 82.2 cm³/mol. The highest BCUT2D eigenvalue weighted by atomic mass is 79.9. The Hall–Kier alpha value is -0.940. The number of hydrogen-bond acceptors (Lipinski definition) is 2. The first-order valence-electron chi connectivity index (χ1n) is 6.03. The Labute approximate surface area is 130 Å². The van der Waals surface area contributed by atoms with Gasteiger partial charge < -0.3 is 10.5 Å². The summed E-state index contributed by atoms with van der Waals surface area (Å²) in [5, 5.41) is 0.0286. The van der Waals surface area contributed by atoms with Gasteiger partial charge in [0.25, 0.3) is 0 Å². The van der Waals surface area contributed by atoms with E-state index >= 15 is 0 Å². The van der Waals surface area contributed by atoms with E-state index in [-0.39, 0.29) is 5.02 Å². The van der Waals surface area contributed by atoms with Crippen LogP contribution in [0.1, 0.15) is 23.3 Å². The maximum atomic E-state index is 14.2. The lowest BCUT2D eigenvalue weighted by molar-refractivity contribution is 0.0791. The number of halogens is 3. The van der Waals surface area contributed by atoms with Crippen LogP contribution in [0.5, 0.6) is 0 Å². The van der Waals surface area contributed by atoms with Crippen molar-refractivity contribution in [3.8, 4) is 0 Å². The standard InChI is InChI=1S/C15H14BrClFNO/c1-20-15(9-5-3-2-4-6-9)14(19)10-7-8-11(16)12(17)13(10)18/h2-8,14-15H,19H2,1H3.